The fourth-order valence-electron chi connectivity index (χ4n) is 4.95. The molecule has 0 N–H and O–H groups in total. The summed E-state index contributed by atoms with van der Waals surface area (Å²) in [7, 11) is 0. The lowest BCUT2D eigenvalue weighted by molar-refractivity contribution is -0.201. The summed E-state index contributed by atoms with van der Waals surface area (Å²) < 4.78 is 23.2. The molecular formula is C27H30O6. The van der Waals surface area contributed by atoms with Crippen LogP contribution in [0.15, 0.2) is 66.2 Å². The first kappa shape index (κ1) is 23.2. The van der Waals surface area contributed by atoms with E-state index in [2.05, 4.69) is 12.1 Å². The maximum absolute atomic E-state index is 11.5. The number of benzene rings is 2. The third-order valence-corrected chi connectivity index (χ3v) is 6.50. The molecule has 2 fully saturated rings. The van der Waals surface area contributed by atoms with Gasteiger partial charge >= 0.3 is 0 Å². The average molecular weight is 451 g/mol. The zero-order valence-corrected chi connectivity index (χ0v) is 18.8. The van der Waals surface area contributed by atoms with Crippen molar-refractivity contribution < 1.29 is 28.5 Å². The zero-order chi connectivity index (χ0) is 23.0. The lowest BCUT2D eigenvalue weighted by Crippen LogP contribution is -2.33. The minimum atomic E-state index is -0.577. The summed E-state index contributed by atoms with van der Waals surface area (Å²) in [5.74, 6) is -0.293. The Labute approximate surface area is 194 Å². The Hall–Kier alpha value is -2.96. The standard InChI is InChI=1S/C27H30O6/c1-2-22-23(31-17-28)16-24(33-25-10-6-7-15-30-25)26(22)27(32-18-29)21-13-11-20(12-14-21)19-8-4-3-5-9-19/h2-5,8-9,11-14,17-18,23-27H,6-7,10,15-16H2,1H3/t23-,24+,25?,26-,27?/m1/s1. The first-order chi connectivity index (χ1) is 16.2. The molecule has 6 heteroatoms. The Kier molecular flexibility index (Phi) is 7.92. The lowest BCUT2D eigenvalue weighted by Gasteiger charge is -2.32. The summed E-state index contributed by atoms with van der Waals surface area (Å²) in [5.41, 5.74) is 3.94. The molecule has 2 unspecified atom stereocenters. The normalized spacial score (nSPS) is 27.1. The monoisotopic (exact) mass is 450 g/mol. The van der Waals surface area contributed by atoms with E-state index in [1.165, 1.54) is 0 Å². The van der Waals surface area contributed by atoms with Crippen LogP contribution in [-0.2, 0) is 28.5 Å². The summed E-state index contributed by atoms with van der Waals surface area (Å²) in [4.78, 5) is 22.7. The molecule has 1 aliphatic heterocycles. The van der Waals surface area contributed by atoms with E-state index in [1.807, 2.05) is 55.5 Å². The van der Waals surface area contributed by atoms with Gasteiger partial charge in [-0.3, -0.25) is 9.59 Å². The lowest BCUT2D eigenvalue weighted by atomic mass is 9.88. The molecule has 5 atom stereocenters. The van der Waals surface area contributed by atoms with Crippen LogP contribution in [0.5, 0.6) is 0 Å². The van der Waals surface area contributed by atoms with Crippen LogP contribution in [-0.4, -0.2) is 38.0 Å². The predicted octanol–water partition coefficient (Wildman–Crippen LogP) is 4.99. The molecule has 1 saturated heterocycles. The van der Waals surface area contributed by atoms with E-state index in [0.717, 1.165) is 41.5 Å². The third-order valence-electron chi connectivity index (χ3n) is 6.50. The molecule has 0 radical (unpaired) electrons. The molecule has 174 valence electrons. The molecule has 0 bridgehead atoms. The van der Waals surface area contributed by atoms with Crippen LogP contribution in [0.4, 0.5) is 0 Å². The van der Waals surface area contributed by atoms with Crippen molar-refractivity contribution in [3.8, 4) is 11.1 Å². The van der Waals surface area contributed by atoms with Gasteiger partial charge in [-0.1, -0.05) is 60.7 Å². The highest BCUT2D eigenvalue weighted by atomic mass is 16.7. The van der Waals surface area contributed by atoms with Gasteiger partial charge in [-0.15, -0.1) is 0 Å². The number of rotatable bonds is 9. The fourth-order valence-corrected chi connectivity index (χ4v) is 4.95. The molecule has 4 rings (SSSR count). The largest absolute Gasteiger partial charge is 0.460 e. The van der Waals surface area contributed by atoms with Gasteiger partial charge in [-0.25, -0.2) is 0 Å². The number of carbonyl (C=O) groups is 2. The van der Waals surface area contributed by atoms with Gasteiger partial charge in [0.25, 0.3) is 12.9 Å². The Morgan fingerprint density at radius 3 is 2.36 bits per heavy atom. The number of carbonyl (C=O) groups excluding carboxylic acids is 2. The Balaban J connectivity index is 1.64. The van der Waals surface area contributed by atoms with Crippen LogP contribution in [0.2, 0.25) is 0 Å². The van der Waals surface area contributed by atoms with Crippen LogP contribution in [0.1, 0.15) is 44.3 Å². The average Bonchev–Trinajstić information content (AvgIpc) is 3.20. The topological polar surface area (TPSA) is 71.1 Å². The van der Waals surface area contributed by atoms with Gasteiger partial charge in [0, 0.05) is 13.0 Å². The SMILES string of the molecule is CC=C1[C@H](OC=O)C[C@H](OC2CCCCO2)[C@@H]1C(OC=O)c1ccc(-c2ccccc2)cc1. The number of hydrogen-bond acceptors (Lipinski definition) is 6. The first-order valence-corrected chi connectivity index (χ1v) is 11.5. The quantitative estimate of drug-likeness (QED) is 0.396. The maximum atomic E-state index is 11.5. The zero-order valence-electron chi connectivity index (χ0n) is 18.8. The highest BCUT2D eigenvalue weighted by molar-refractivity contribution is 5.63. The van der Waals surface area contributed by atoms with Crippen molar-refractivity contribution in [2.45, 2.75) is 57.2 Å². The number of ether oxygens (including phenoxy) is 4. The van der Waals surface area contributed by atoms with E-state index in [0.29, 0.717) is 26.0 Å². The van der Waals surface area contributed by atoms with Crippen LogP contribution in [0, 0.1) is 5.92 Å². The van der Waals surface area contributed by atoms with E-state index < -0.39 is 12.2 Å². The second-order valence-corrected chi connectivity index (χ2v) is 8.38. The molecule has 2 aliphatic rings. The molecule has 2 aromatic carbocycles. The van der Waals surface area contributed by atoms with Crippen LogP contribution in [0.3, 0.4) is 0 Å². The summed E-state index contributed by atoms with van der Waals surface area (Å²) in [5, 5.41) is 0. The highest BCUT2D eigenvalue weighted by Gasteiger charge is 2.47. The molecule has 2 aromatic rings. The molecule has 1 aliphatic carbocycles. The van der Waals surface area contributed by atoms with Gasteiger partial charge < -0.3 is 18.9 Å². The van der Waals surface area contributed by atoms with E-state index in [-0.39, 0.29) is 18.3 Å². The van der Waals surface area contributed by atoms with E-state index >= 15 is 0 Å². The molecule has 6 nitrogen and oxygen atoms in total. The molecule has 33 heavy (non-hydrogen) atoms. The molecule has 0 amide bonds. The van der Waals surface area contributed by atoms with E-state index in [1.54, 1.807) is 0 Å². The van der Waals surface area contributed by atoms with E-state index in [9.17, 15) is 9.59 Å². The molecule has 1 heterocycles. The van der Waals surface area contributed by atoms with Crippen molar-refractivity contribution in [3.05, 3.63) is 71.8 Å². The minimum Gasteiger partial charge on any atom is -0.460 e. The van der Waals surface area contributed by atoms with Gasteiger partial charge in [0.1, 0.15) is 12.2 Å². The third kappa shape index (κ3) is 5.34. The van der Waals surface area contributed by atoms with Gasteiger partial charge in [-0.2, -0.15) is 0 Å². The second-order valence-electron chi connectivity index (χ2n) is 8.38. The van der Waals surface area contributed by atoms with Crippen molar-refractivity contribution in [3.63, 3.8) is 0 Å². The van der Waals surface area contributed by atoms with Crippen molar-refractivity contribution in [2.75, 3.05) is 6.61 Å². The summed E-state index contributed by atoms with van der Waals surface area (Å²) >= 11 is 0. The van der Waals surface area contributed by atoms with Crippen LogP contribution < -0.4 is 0 Å². The Morgan fingerprint density at radius 1 is 0.970 bits per heavy atom. The Morgan fingerprint density at radius 2 is 1.73 bits per heavy atom. The van der Waals surface area contributed by atoms with Gasteiger partial charge in [-0.05, 0) is 48.4 Å². The molecule has 0 spiro atoms. The van der Waals surface area contributed by atoms with Crippen LogP contribution in [0.25, 0.3) is 11.1 Å². The van der Waals surface area contributed by atoms with Gasteiger partial charge in [0.2, 0.25) is 0 Å². The van der Waals surface area contributed by atoms with Crippen molar-refractivity contribution >= 4 is 12.9 Å². The molecule has 1 saturated carbocycles. The van der Waals surface area contributed by atoms with Gasteiger partial charge in [0.05, 0.1) is 12.0 Å². The highest BCUT2D eigenvalue weighted by Crippen LogP contribution is 2.45. The summed E-state index contributed by atoms with van der Waals surface area (Å²) in [6, 6.07) is 18.1. The van der Waals surface area contributed by atoms with E-state index in [4.69, 9.17) is 18.9 Å². The predicted molar refractivity (Wildman–Crippen MR) is 123 cm³/mol. The fraction of sp³-hybridized carbons (Fsp3) is 0.407. The number of allylic oxidation sites excluding steroid dienone is 1. The van der Waals surface area contributed by atoms with Gasteiger partial charge in [0.15, 0.2) is 6.29 Å². The smallest absolute Gasteiger partial charge is 0.293 e. The first-order valence-electron chi connectivity index (χ1n) is 11.5. The maximum Gasteiger partial charge on any atom is 0.293 e. The van der Waals surface area contributed by atoms with Crippen LogP contribution >= 0.6 is 0 Å². The Bertz CT molecular complexity index is 933. The number of hydrogen-bond donors (Lipinski definition) is 0. The minimum absolute atomic E-state index is 0.293. The van der Waals surface area contributed by atoms with Crippen molar-refractivity contribution in [2.24, 2.45) is 5.92 Å². The molecular weight excluding hydrogens is 420 g/mol. The summed E-state index contributed by atoms with van der Waals surface area (Å²) in [6.45, 7) is 3.52. The second kappa shape index (κ2) is 11.3. The van der Waals surface area contributed by atoms with Crippen molar-refractivity contribution in [1.29, 1.82) is 0 Å². The summed E-state index contributed by atoms with van der Waals surface area (Å²) in [6.07, 6.45) is 3.68. The molecule has 0 aromatic heterocycles. The van der Waals surface area contributed by atoms with Crippen molar-refractivity contribution in [1.82, 2.24) is 0 Å².